The van der Waals surface area contributed by atoms with Crippen LogP contribution in [0.3, 0.4) is 0 Å². The van der Waals surface area contributed by atoms with Crippen LogP contribution >= 0.6 is 11.6 Å². The molecule has 0 aromatic heterocycles. The van der Waals surface area contributed by atoms with E-state index in [1.807, 2.05) is 24.3 Å². The molecule has 2 bridgehead atoms. The van der Waals surface area contributed by atoms with Crippen LogP contribution in [-0.4, -0.2) is 48.4 Å². The molecule has 21 heavy (non-hydrogen) atoms. The third-order valence-corrected chi connectivity index (χ3v) is 5.10. The SMILES string of the molecule is CN1C[C@@H]2CCC[C@H]1CN(C(=O)Cc1ccc(Cl)cc1)C2. The predicted octanol–water partition coefficient (Wildman–Crippen LogP) is 2.83. The number of halogens is 1. The lowest BCUT2D eigenvalue weighted by atomic mass is 9.99. The number of rotatable bonds is 2. The first-order valence-corrected chi connectivity index (χ1v) is 8.22. The van der Waals surface area contributed by atoms with Crippen LogP contribution in [0.4, 0.5) is 0 Å². The monoisotopic (exact) mass is 306 g/mol. The fraction of sp³-hybridized carbons (Fsp3) is 0.588. The molecule has 2 aliphatic heterocycles. The molecule has 0 saturated carbocycles. The smallest absolute Gasteiger partial charge is 0.227 e. The number of likely N-dealkylation sites (N-methyl/N-ethyl adjacent to an activating group) is 1. The largest absolute Gasteiger partial charge is 0.341 e. The van der Waals surface area contributed by atoms with Crippen molar-refractivity contribution in [3.05, 3.63) is 34.9 Å². The van der Waals surface area contributed by atoms with Crippen molar-refractivity contribution in [3.63, 3.8) is 0 Å². The Morgan fingerprint density at radius 3 is 2.71 bits per heavy atom. The Morgan fingerprint density at radius 2 is 1.95 bits per heavy atom. The van der Waals surface area contributed by atoms with Gasteiger partial charge in [0, 0.05) is 30.7 Å². The van der Waals surface area contributed by atoms with Gasteiger partial charge in [0.1, 0.15) is 0 Å². The summed E-state index contributed by atoms with van der Waals surface area (Å²) in [6.45, 7) is 2.95. The van der Waals surface area contributed by atoms with Gasteiger partial charge in [-0.2, -0.15) is 0 Å². The number of likely N-dealkylation sites (tertiary alicyclic amines) is 1. The van der Waals surface area contributed by atoms with E-state index in [0.29, 0.717) is 18.4 Å². The van der Waals surface area contributed by atoms with Crippen LogP contribution in [0.1, 0.15) is 24.8 Å². The highest BCUT2D eigenvalue weighted by Crippen LogP contribution is 2.26. The third-order valence-electron chi connectivity index (χ3n) is 4.85. The van der Waals surface area contributed by atoms with E-state index in [2.05, 4.69) is 16.8 Å². The molecule has 2 heterocycles. The summed E-state index contributed by atoms with van der Waals surface area (Å²) < 4.78 is 0. The molecule has 4 heteroatoms. The molecule has 114 valence electrons. The van der Waals surface area contributed by atoms with Crippen molar-refractivity contribution in [2.24, 2.45) is 5.92 Å². The molecular weight excluding hydrogens is 284 g/mol. The second-order valence-electron chi connectivity index (χ2n) is 6.49. The summed E-state index contributed by atoms with van der Waals surface area (Å²) in [5, 5.41) is 0.720. The van der Waals surface area contributed by atoms with Crippen molar-refractivity contribution < 1.29 is 4.79 Å². The second kappa shape index (κ2) is 6.37. The zero-order chi connectivity index (χ0) is 14.8. The van der Waals surface area contributed by atoms with Crippen molar-refractivity contribution in [2.75, 3.05) is 26.7 Å². The molecule has 2 atom stereocenters. The van der Waals surface area contributed by atoms with E-state index in [-0.39, 0.29) is 5.91 Å². The molecule has 1 aromatic rings. The van der Waals surface area contributed by atoms with Gasteiger partial charge in [-0.05, 0) is 43.5 Å². The van der Waals surface area contributed by atoms with Gasteiger partial charge in [-0.1, -0.05) is 30.2 Å². The number of carbonyl (C=O) groups excluding carboxylic acids is 1. The molecule has 0 spiro atoms. The van der Waals surface area contributed by atoms with Crippen molar-refractivity contribution >= 4 is 17.5 Å². The molecule has 3 nitrogen and oxygen atoms in total. The zero-order valence-corrected chi connectivity index (χ0v) is 13.4. The maximum atomic E-state index is 12.6. The van der Waals surface area contributed by atoms with Gasteiger partial charge in [-0.3, -0.25) is 4.79 Å². The summed E-state index contributed by atoms with van der Waals surface area (Å²) in [4.78, 5) is 17.2. The number of fused-ring (bicyclic) bond motifs is 3. The molecule has 0 N–H and O–H groups in total. The summed E-state index contributed by atoms with van der Waals surface area (Å²) in [7, 11) is 2.20. The summed E-state index contributed by atoms with van der Waals surface area (Å²) in [5.74, 6) is 0.890. The lowest BCUT2D eigenvalue weighted by Gasteiger charge is -2.30. The van der Waals surface area contributed by atoms with Gasteiger partial charge in [0.15, 0.2) is 0 Å². The number of benzene rings is 1. The molecular formula is C17H23ClN2O. The van der Waals surface area contributed by atoms with E-state index in [9.17, 15) is 4.79 Å². The second-order valence-corrected chi connectivity index (χ2v) is 6.93. The van der Waals surface area contributed by atoms with Crippen LogP contribution < -0.4 is 0 Å². The number of hydrogen-bond acceptors (Lipinski definition) is 2. The van der Waals surface area contributed by atoms with Crippen LogP contribution in [0.2, 0.25) is 5.02 Å². The van der Waals surface area contributed by atoms with Gasteiger partial charge in [0.2, 0.25) is 5.91 Å². The maximum absolute atomic E-state index is 12.6. The maximum Gasteiger partial charge on any atom is 0.227 e. The highest BCUT2D eigenvalue weighted by atomic mass is 35.5. The standard InChI is InChI=1S/C17H23ClN2O/c1-19-10-14-3-2-4-16(19)12-20(11-14)17(21)9-13-5-7-15(18)8-6-13/h5-8,14,16H,2-4,9-12H2,1H3/t14-,16-/m0/s1. The minimum Gasteiger partial charge on any atom is -0.341 e. The van der Waals surface area contributed by atoms with Crippen molar-refractivity contribution in [1.82, 2.24) is 9.80 Å². The predicted molar refractivity (Wildman–Crippen MR) is 85.5 cm³/mol. The van der Waals surface area contributed by atoms with Crippen LogP contribution in [0.5, 0.6) is 0 Å². The van der Waals surface area contributed by atoms with Crippen LogP contribution in [0.25, 0.3) is 0 Å². The first kappa shape index (κ1) is 14.9. The van der Waals surface area contributed by atoms with Gasteiger partial charge >= 0.3 is 0 Å². The van der Waals surface area contributed by atoms with Gasteiger partial charge in [0.25, 0.3) is 0 Å². The molecule has 2 aliphatic rings. The van der Waals surface area contributed by atoms with Crippen LogP contribution in [0, 0.1) is 5.92 Å². The molecule has 2 saturated heterocycles. The van der Waals surface area contributed by atoms with Gasteiger partial charge in [-0.25, -0.2) is 0 Å². The fourth-order valence-electron chi connectivity index (χ4n) is 3.62. The quantitative estimate of drug-likeness (QED) is 0.839. The Balaban J connectivity index is 1.68. The number of carbonyl (C=O) groups is 1. The summed E-state index contributed by atoms with van der Waals surface area (Å²) in [6, 6.07) is 8.15. The average molecular weight is 307 g/mol. The first-order chi connectivity index (χ1) is 10.1. The lowest BCUT2D eigenvalue weighted by Crippen LogP contribution is -2.42. The topological polar surface area (TPSA) is 23.6 Å². The molecule has 3 rings (SSSR count). The zero-order valence-electron chi connectivity index (χ0n) is 12.6. The molecule has 0 unspecified atom stereocenters. The molecule has 1 amide bonds. The van der Waals surface area contributed by atoms with E-state index in [4.69, 9.17) is 11.6 Å². The minimum absolute atomic E-state index is 0.254. The molecule has 2 fully saturated rings. The third kappa shape index (κ3) is 3.58. The number of amides is 1. The Labute approximate surface area is 131 Å². The number of hydrogen-bond donors (Lipinski definition) is 0. The van der Waals surface area contributed by atoms with Crippen molar-refractivity contribution in [1.29, 1.82) is 0 Å². The summed E-state index contributed by atoms with van der Waals surface area (Å²) in [6.07, 6.45) is 4.27. The lowest BCUT2D eigenvalue weighted by molar-refractivity contribution is -0.131. The Hall–Kier alpha value is -1.06. The Kier molecular flexibility index (Phi) is 4.51. The Bertz CT molecular complexity index is 502. The minimum atomic E-state index is 0.254. The van der Waals surface area contributed by atoms with E-state index < -0.39 is 0 Å². The summed E-state index contributed by atoms with van der Waals surface area (Å²) in [5.41, 5.74) is 1.05. The van der Waals surface area contributed by atoms with E-state index >= 15 is 0 Å². The van der Waals surface area contributed by atoms with Gasteiger partial charge in [0.05, 0.1) is 6.42 Å². The number of nitrogens with zero attached hydrogens (tertiary/aromatic N) is 2. The summed E-state index contributed by atoms with van der Waals surface area (Å²) >= 11 is 5.90. The van der Waals surface area contributed by atoms with Crippen molar-refractivity contribution in [2.45, 2.75) is 31.7 Å². The van der Waals surface area contributed by atoms with Crippen LogP contribution in [-0.2, 0) is 11.2 Å². The van der Waals surface area contributed by atoms with E-state index in [1.165, 1.54) is 19.3 Å². The Morgan fingerprint density at radius 1 is 1.19 bits per heavy atom. The average Bonchev–Trinajstić information content (AvgIpc) is 2.69. The van der Waals surface area contributed by atoms with Gasteiger partial charge in [-0.15, -0.1) is 0 Å². The van der Waals surface area contributed by atoms with Gasteiger partial charge < -0.3 is 9.80 Å². The highest BCUT2D eigenvalue weighted by Gasteiger charge is 2.32. The molecule has 0 radical (unpaired) electrons. The van der Waals surface area contributed by atoms with Crippen LogP contribution in [0.15, 0.2) is 24.3 Å². The normalized spacial score (nSPS) is 26.5. The van der Waals surface area contributed by atoms with Crippen molar-refractivity contribution in [3.8, 4) is 0 Å². The van der Waals surface area contributed by atoms with E-state index in [0.717, 1.165) is 30.2 Å². The van der Waals surface area contributed by atoms with E-state index in [1.54, 1.807) is 0 Å². The molecule has 0 aliphatic carbocycles. The first-order valence-electron chi connectivity index (χ1n) is 7.84. The highest BCUT2D eigenvalue weighted by molar-refractivity contribution is 6.30. The molecule has 1 aromatic carbocycles. The fourth-order valence-corrected chi connectivity index (χ4v) is 3.75.